The molecule has 0 radical (unpaired) electrons. The van der Waals surface area contributed by atoms with Crippen LogP contribution < -0.4 is 5.43 Å². The summed E-state index contributed by atoms with van der Waals surface area (Å²) in [6, 6.07) is 7.36. The highest BCUT2D eigenvalue weighted by Crippen LogP contribution is 2.66. The lowest BCUT2D eigenvalue weighted by Gasteiger charge is -2.10. The van der Waals surface area contributed by atoms with Gasteiger partial charge in [-0.15, -0.1) is 0 Å². The number of amides is 1. The molecule has 1 fully saturated rings. The summed E-state index contributed by atoms with van der Waals surface area (Å²) in [4.78, 5) is 12.0. The molecule has 0 heterocycles. The summed E-state index contributed by atoms with van der Waals surface area (Å²) in [5, 5.41) is 4.77. The minimum atomic E-state index is -0.467. The molecule has 6 heteroatoms. The smallest absolute Gasteiger partial charge is 0.248 e. The van der Waals surface area contributed by atoms with Crippen molar-refractivity contribution in [3.63, 3.8) is 0 Å². The third kappa shape index (κ3) is 3.03. The Kier molecular flexibility index (Phi) is 4.10. The van der Waals surface area contributed by atoms with Crippen molar-refractivity contribution in [2.24, 2.45) is 10.5 Å². The van der Waals surface area contributed by atoms with Gasteiger partial charge in [-0.3, -0.25) is 4.79 Å². The average Bonchev–Trinajstić information content (AvgIpc) is 2.86. The highest BCUT2D eigenvalue weighted by Gasteiger charge is 2.66. The molecule has 2 rings (SSSR count). The zero-order valence-electron chi connectivity index (χ0n) is 10.5. The third-order valence-corrected chi connectivity index (χ3v) is 5.87. The van der Waals surface area contributed by atoms with E-state index in [0.29, 0.717) is 5.02 Å². The van der Waals surface area contributed by atoms with Crippen LogP contribution in [0, 0.1) is 5.41 Å². The standard InChI is InChI=1S/C13H13Br2ClN2O/c1-8(9-4-3-5-10(16)6-9)17-18-11(19)12(2)7-13(12,14)15/h3-6H,7H2,1-2H3,(H,18,19). The van der Waals surface area contributed by atoms with Crippen molar-refractivity contribution in [3.8, 4) is 0 Å². The van der Waals surface area contributed by atoms with Gasteiger partial charge >= 0.3 is 0 Å². The first-order valence-corrected chi connectivity index (χ1v) is 7.71. The van der Waals surface area contributed by atoms with E-state index in [1.165, 1.54) is 0 Å². The first-order valence-electron chi connectivity index (χ1n) is 5.75. The summed E-state index contributed by atoms with van der Waals surface area (Å²) in [6.07, 6.45) is 0.734. The molecule has 0 bridgehead atoms. The quantitative estimate of drug-likeness (QED) is 0.457. The Hall–Kier alpha value is -0.390. The third-order valence-electron chi connectivity index (χ3n) is 3.33. The molecule has 102 valence electrons. The predicted molar refractivity (Wildman–Crippen MR) is 85.1 cm³/mol. The van der Waals surface area contributed by atoms with Crippen molar-refractivity contribution in [2.75, 3.05) is 0 Å². The molecule has 1 saturated carbocycles. The highest BCUT2D eigenvalue weighted by atomic mass is 79.9. The molecule has 0 aromatic heterocycles. The number of hydrogen-bond donors (Lipinski definition) is 1. The van der Waals surface area contributed by atoms with Crippen LogP contribution in [0.5, 0.6) is 0 Å². The van der Waals surface area contributed by atoms with E-state index in [4.69, 9.17) is 11.6 Å². The normalized spacial score (nSPS) is 25.0. The zero-order chi connectivity index (χ0) is 14.3. The molecule has 3 nitrogen and oxygen atoms in total. The Balaban J connectivity index is 2.06. The summed E-state index contributed by atoms with van der Waals surface area (Å²) in [6.45, 7) is 3.72. The van der Waals surface area contributed by atoms with E-state index in [2.05, 4.69) is 42.4 Å². The van der Waals surface area contributed by atoms with Gasteiger partial charge in [-0.05, 0) is 38.0 Å². The first kappa shape index (κ1) is 15.0. The monoisotopic (exact) mass is 406 g/mol. The van der Waals surface area contributed by atoms with Crippen LogP contribution >= 0.6 is 43.5 Å². The van der Waals surface area contributed by atoms with Gasteiger partial charge in [0.15, 0.2) is 0 Å². The van der Waals surface area contributed by atoms with Crippen molar-refractivity contribution in [2.45, 2.75) is 23.5 Å². The molecule has 1 aliphatic carbocycles. The van der Waals surface area contributed by atoms with Crippen LogP contribution in [-0.2, 0) is 4.79 Å². The van der Waals surface area contributed by atoms with E-state index in [0.717, 1.165) is 17.7 Å². The number of hydrogen-bond acceptors (Lipinski definition) is 2. The summed E-state index contributed by atoms with van der Waals surface area (Å²) in [5.74, 6) is -0.109. The van der Waals surface area contributed by atoms with E-state index in [9.17, 15) is 4.79 Å². The summed E-state index contributed by atoms with van der Waals surface area (Å²) in [5.41, 5.74) is 3.74. The average molecular weight is 409 g/mol. The van der Waals surface area contributed by atoms with Crippen LogP contribution in [0.15, 0.2) is 29.4 Å². The van der Waals surface area contributed by atoms with Gasteiger partial charge in [-0.25, -0.2) is 5.43 Å². The van der Waals surface area contributed by atoms with Gasteiger partial charge in [-0.2, -0.15) is 5.10 Å². The lowest BCUT2D eigenvalue weighted by molar-refractivity contribution is -0.125. The Morgan fingerprint density at radius 3 is 2.63 bits per heavy atom. The fraction of sp³-hybridized carbons (Fsp3) is 0.385. The molecule has 19 heavy (non-hydrogen) atoms. The molecule has 1 aromatic carbocycles. The molecular weight excluding hydrogens is 395 g/mol. The molecule has 1 aliphatic rings. The molecule has 1 unspecified atom stereocenters. The summed E-state index contributed by atoms with van der Waals surface area (Å²) in [7, 11) is 0. The predicted octanol–water partition coefficient (Wildman–Crippen LogP) is 4.08. The van der Waals surface area contributed by atoms with Crippen molar-refractivity contribution in [3.05, 3.63) is 34.9 Å². The zero-order valence-corrected chi connectivity index (χ0v) is 14.4. The van der Waals surface area contributed by atoms with Gasteiger partial charge in [-0.1, -0.05) is 55.6 Å². The second-order valence-electron chi connectivity index (χ2n) is 4.86. The number of carbonyl (C=O) groups is 1. The molecule has 1 aromatic rings. The number of alkyl halides is 2. The molecule has 1 N–H and O–H groups in total. The number of nitrogens with zero attached hydrogens (tertiary/aromatic N) is 1. The minimum Gasteiger partial charge on any atom is -0.272 e. The van der Waals surface area contributed by atoms with Crippen molar-refractivity contribution in [1.82, 2.24) is 5.43 Å². The molecule has 0 aliphatic heterocycles. The van der Waals surface area contributed by atoms with E-state index < -0.39 is 5.41 Å². The van der Waals surface area contributed by atoms with Crippen LogP contribution in [0.2, 0.25) is 5.02 Å². The summed E-state index contributed by atoms with van der Waals surface area (Å²) < 4.78 is -0.309. The van der Waals surface area contributed by atoms with E-state index in [1.54, 1.807) is 6.07 Å². The maximum atomic E-state index is 12.0. The summed E-state index contributed by atoms with van der Waals surface area (Å²) >= 11 is 12.8. The molecular formula is C13H13Br2ClN2O. The molecule has 0 spiro atoms. The second kappa shape index (κ2) is 5.19. The number of hydrazone groups is 1. The van der Waals surface area contributed by atoms with Gasteiger partial charge in [0, 0.05) is 5.02 Å². The highest BCUT2D eigenvalue weighted by molar-refractivity contribution is 9.25. The Morgan fingerprint density at radius 2 is 2.11 bits per heavy atom. The maximum absolute atomic E-state index is 12.0. The van der Waals surface area contributed by atoms with E-state index in [1.807, 2.05) is 32.0 Å². The largest absolute Gasteiger partial charge is 0.272 e. The lowest BCUT2D eigenvalue weighted by atomic mass is 10.1. The van der Waals surface area contributed by atoms with E-state index in [-0.39, 0.29) is 9.14 Å². The fourth-order valence-corrected chi connectivity index (χ4v) is 3.35. The van der Waals surface area contributed by atoms with Crippen molar-refractivity contribution >= 4 is 55.1 Å². The number of benzene rings is 1. The SMILES string of the molecule is CC(=NNC(=O)C1(C)CC1(Br)Br)c1cccc(Cl)c1. The minimum absolute atomic E-state index is 0.109. The molecule has 0 saturated heterocycles. The van der Waals surface area contributed by atoms with Gasteiger partial charge < -0.3 is 0 Å². The van der Waals surface area contributed by atoms with Crippen LogP contribution in [0.3, 0.4) is 0 Å². The van der Waals surface area contributed by atoms with Crippen LogP contribution in [-0.4, -0.2) is 14.9 Å². The fourth-order valence-electron chi connectivity index (χ4n) is 1.68. The van der Waals surface area contributed by atoms with Crippen LogP contribution in [0.1, 0.15) is 25.8 Å². The van der Waals surface area contributed by atoms with Crippen molar-refractivity contribution < 1.29 is 4.79 Å². The Bertz CT molecular complexity index is 559. The van der Waals surface area contributed by atoms with Gasteiger partial charge in [0.2, 0.25) is 5.91 Å². The van der Waals surface area contributed by atoms with Crippen LogP contribution in [0.4, 0.5) is 0 Å². The number of halogens is 3. The van der Waals surface area contributed by atoms with Crippen molar-refractivity contribution in [1.29, 1.82) is 0 Å². The molecule has 1 amide bonds. The number of carbonyl (C=O) groups excluding carboxylic acids is 1. The Labute approximate surface area is 134 Å². The molecule has 1 atom stereocenters. The topological polar surface area (TPSA) is 41.5 Å². The van der Waals surface area contributed by atoms with Crippen LogP contribution in [0.25, 0.3) is 0 Å². The van der Waals surface area contributed by atoms with Gasteiger partial charge in [0.05, 0.1) is 14.4 Å². The number of rotatable bonds is 3. The first-order chi connectivity index (χ1) is 8.76. The van der Waals surface area contributed by atoms with Gasteiger partial charge in [0.25, 0.3) is 0 Å². The van der Waals surface area contributed by atoms with E-state index >= 15 is 0 Å². The van der Waals surface area contributed by atoms with Gasteiger partial charge in [0.1, 0.15) is 0 Å². The maximum Gasteiger partial charge on any atom is 0.248 e. The second-order valence-corrected chi connectivity index (χ2v) is 9.07. The number of nitrogens with one attached hydrogen (secondary N) is 1. The lowest BCUT2D eigenvalue weighted by Crippen LogP contribution is -2.30. The Morgan fingerprint density at radius 1 is 1.47 bits per heavy atom.